The van der Waals surface area contributed by atoms with Crippen LogP contribution in [0.15, 0.2) is 57.1 Å². The topological polar surface area (TPSA) is 80.8 Å². The first-order chi connectivity index (χ1) is 16.4. The zero-order valence-electron chi connectivity index (χ0n) is 19.4. The largest absolute Gasteiger partial charge is 0.493 e. The standard InChI is InChI=1S/C25H27N3O4S2/c1-16-15-33-25(26-16)34-20-7-5-19(6-8-20)27-24(30)18-13-23(29)28(14-18)11-10-17-4-9-21(31-2)22(12-17)32-3/h4-9,12,15,18H,10-11,13-14H2,1-3H3,(H,27,30). The van der Waals surface area contributed by atoms with Crippen LogP contribution < -0.4 is 14.8 Å². The van der Waals surface area contributed by atoms with Gasteiger partial charge in [0.15, 0.2) is 15.8 Å². The zero-order valence-corrected chi connectivity index (χ0v) is 21.0. The van der Waals surface area contributed by atoms with Crippen LogP contribution in [0, 0.1) is 12.8 Å². The summed E-state index contributed by atoms with van der Waals surface area (Å²) in [6.45, 7) is 2.96. The van der Waals surface area contributed by atoms with Crippen molar-refractivity contribution >= 4 is 40.6 Å². The molecular weight excluding hydrogens is 470 g/mol. The summed E-state index contributed by atoms with van der Waals surface area (Å²) in [5.41, 5.74) is 2.78. The lowest BCUT2D eigenvalue weighted by molar-refractivity contribution is -0.128. The SMILES string of the molecule is COc1ccc(CCN2CC(C(=O)Nc3ccc(Sc4nc(C)cs4)cc3)CC2=O)cc1OC. The Kier molecular flexibility index (Phi) is 7.74. The monoisotopic (exact) mass is 497 g/mol. The number of thiazole rings is 1. The van der Waals surface area contributed by atoms with Gasteiger partial charge in [0.1, 0.15) is 0 Å². The highest BCUT2D eigenvalue weighted by Gasteiger charge is 2.34. The Labute approximate surface area is 207 Å². The van der Waals surface area contributed by atoms with Crippen LogP contribution in [0.2, 0.25) is 0 Å². The number of aryl methyl sites for hydroxylation is 1. The van der Waals surface area contributed by atoms with Gasteiger partial charge in [0.25, 0.3) is 0 Å². The summed E-state index contributed by atoms with van der Waals surface area (Å²) >= 11 is 3.21. The minimum absolute atomic E-state index is 0.00566. The molecule has 1 atom stereocenters. The molecule has 0 bridgehead atoms. The fraction of sp³-hybridized carbons (Fsp3) is 0.320. The minimum Gasteiger partial charge on any atom is -0.493 e. The van der Waals surface area contributed by atoms with Crippen molar-refractivity contribution in [1.29, 1.82) is 0 Å². The predicted molar refractivity (Wildman–Crippen MR) is 134 cm³/mol. The fourth-order valence-corrected chi connectivity index (χ4v) is 5.60. The van der Waals surface area contributed by atoms with Gasteiger partial charge in [0.2, 0.25) is 11.8 Å². The maximum Gasteiger partial charge on any atom is 0.229 e. The first-order valence-corrected chi connectivity index (χ1v) is 12.6. The third-order valence-corrected chi connectivity index (χ3v) is 7.69. The first kappa shape index (κ1) is 24.1. The highest BCUT2D eigenvalue weighted by Crippen LogP contribution is 2.31. The Morgan fingerprint density at radius 2 is 1.94 bits per heavy atom. The van der Waals surface area contributed by atoms with Gasteiger partial charge in [0, 0.05) is 41.2 Å². The molecule has 1 saturated heterocycles. The molecule has 3 aromatic rings. The van der Waals surface area contributed by atoms with E-state index in [0.717, 1.165) is 26.2 Å². The van der Waals surface area contributed by atoms with Gasteiger partial charge in [-0.2, -0.15) is 0 Å². The molecular formula is C25H27N3O4S2. The van der Waals surface area contributed by atoms with Gasteiger partial charge in [-0.25, -0.2) is 4.98 Å². The normalized spacial score (nSPS) is 15.4. The minimum atomic E-state index is -0.356. The van der Waals surface area contributed by atoms with Crippen LogP contribution in [-0.4, -0.2) is 49.0 Å². The van der Waals surface area contributed by atoms with E-state index in [0.29, 0.717) is 31.0 Å². The van der Waals surface area contributed by atoms with Crippen LogP contribution in [0.5, 0.6) is 11.5 Å². The molecule has 1 aromatic heterocycles. The number of hydrogen-bond acceptors (Lipinski definition) is 7. The lowest BCUT2D eigenvalue weighted by Gasteiger charge is -2.17. The second-order valence-corrected chi connectivity index (χ2v) is 10.2. The van der Waals surface area contributed by atoms with E-state index in [4.69, 9.17) is 9.47 Å². The third-order valence-electron chi connectivity index (χ3n) is 5.63. The van der Waals surface area contributed by atoms with Crippen LogP contribution in [0.4, 0.5) is 5.69 Å². The van der Waals surface area contributed by atoms with Crippen LogP contribution in [0.3, 0.4) is 0 Å². The molecule has 2 amide bonds. The second kappa shape index (κ2) is 10.9. The zero-order chi connectivity index (χ0) is 24.1. The Bertz CT molecular complexity index is 1160. The van der Waals surface area contributed by atoms with Crippen molar-refractivity contribution in [3.63, 3.8) is 0 Å². The molecule has 1 aliphatic rings. The Balaban J connectivity index is 1.29. The summed E-state index contributed by atoms with van der Waals surface area (Å²) in [7, 11) is 3.20. The average Bonchev–Trinajstić information content (AvgIpc) is 3.43. The summed E-state index contributed by atoms with van der Waals surface area (Å²) in [5, 5.41) is 4.98. The van der Waals surface area contributed by atoms with E-state index >= 15 is 0 Å². The molecule has 7 nitrogen and oxygen atoms in total. The first-order valence-electron chi connectivity index (χ1n) is 10.9. The molecule has 0 radical (unpaired) electrons. The molecule has 1 unspecified atom stereocenters. The van der Waals surface area contributed by atoms with Crippen molar-refractivity contribution in [3.05, 3.63) is 59.1 Å². The van der Waals surface area contributed by atoms with E-state index in [1.54, 1.807) is 42.2 Å². The van der Waals surface area contributed by atoms with E-state index in [2.05, 4.69) is 10.3 Å². The van der Waals surface area contributed by atoms with Crippen molar-refractivity contribution < 1.29 is 19.1 Å². The van der Waals surface area contributed by atoms with Crippen molar-refractivity contribution in [3.8, 4) is 11.5 Å². The van der Waals surface area contributed by atoms with Gasteiger partial charge in [0.05, 0.1) is 20.1 Å². The summed E-state index contributed by atoms with van der Waals surface area (Å²) < 4.78 is 11.6. The van der Waals surface area contributed by atoms with Gasteiger partial charge < -0.3 is 19.7 Å². The number of hydrogen-bond donors (Lipinski definition) is 1. The number of nitrogens with one attached hydrogen (secondary N) is 1. The molecule has 0 spiro atoms. The van der Waals surface area contributed by atoms with Crippen LogP contribution in [0.25, 0.3) is 0 Å². The summed E-state index contributed by atoms with van der Waals surface area (Å²) in [5.74, 6) is 0.857. The number of anilines is 1. The van der Waals surface area contributed by atoms with E-state index in [1.165, 1.54) is 0 Å². The number of aromatic nitrogens is 1. The van der Waals surface area contributed by atoms with Gasteiger partial charge in [-0.1, -0.05) is 17.8 Å². The summed E-state index contributed by atoms with van der Waals surface area (Å²) in [6.07, 6.45) is 0.910. The summed E-state index contributed by atoms with van der Waals surface area (Å²) in [4.78, 5) is 32.6. The maximum atomic E-state index is 12.8. The van der Waals surface area contributed by atoms with E-state index in [1.807, 2.05) is 54.8 Å². The lowest BCUT2D eigenvalue weighted by atomic mass is 10.1. The Morgan fingerprint density at radius 1 is 1.18 bits per heavy atom. The van der Waals surface area contributed by atoms with Crippen LogP contribution >= 0.6 is 23.1 Å². The maximum absolute atomic E-state index is 12.8. The molecule has 1 aliphatic heterocycles. The number of ether oxygens (including phenoxy) is 2. The predicted octanol–water partition coefficient (Wildman–Crippen LogP) is 4.65. The number of carbonyl (C=O) groups is 2. The summed E-state index contributed by atoms with van der Waals surface area (Å²) in [6, 6.07) is 13.4. The highest BCUT2D eigenvalue weighted by molar-refractivity contribution is 8.01. The molecule has 178 valence electrons. The van der Waals surface area contributed by atoms with Gasteiger partial charge in [-0.3, -0.25) is 9.59 Å². The smallest absolute Gasteiger partial charge is 0.229 e. The molecule has 1 fully saturated rings. The number of nitrogens with zero attached hydrogens (tertiary/aromatic N) is 2. The van der Waals surface area contributed by atoms with E-state index in [9.17, 15) is 9.59 Å². The van der Waals surface area contributed by atoms with Crippen molar-refractivity contribution in [1.82, 2.24) is 9.88 Å². The molecule has 34 heavy (non-hydrogen) atoms. The molecule has 9 heteroatoms. The number of likely N-dealkylation sites (tertiary alicyclic amines) is 1. The van der Waals surface area contributed by atoms with Gasteiger partial charge in [-0.05, 0) is 55.3 Å². The second-order valence-electron chi connectivity index (χ2n) is 8.05. The molecule has 2 heterocycles. The fourth-order valence-electron chi connectivity index (χ4n) is 3.79. The Hall–Kier alpha value is -3.04. The third kappa shape index (κ3) is 5.90. The number of rotatable bonds is 9. The number of benzene rings is 2. The van der Waals surface area contributed by atoms with E-state index in [-0.39, 0.29) is 24.2 Å². The van der Waals surface area contributed by atoms with E-state index < -0.39 is 0 Å². The molecule has 1 N–H and O–H groups in total. The number of carbonyl (C=O) groups excluding carboxylic acids is 2. The quantitative estimate of drug-likeness (QED) is 0.464. The van der Waals surface area contributed by atoms with Crippen molar-refractivity contribution in [2.75, 3.05) is 32.6 Å². The van der Waals surface area contributed by atoms with Crippen molar-refractivity contribution in [2.45, 2.75) is 29.0 Å². The molecule has 0 saturated carbocycles. The Morgan fingerprint density at radius 3 is 2.62 bits per heavy atom. The van der Waals surface area contributed by atoms with Crippen LogP contribution in [0.1, 0.15) is 17.7 Å². The van der Waals surface area contributed by atoms with Crippen LogP contribution in [-0.2, 0) is 16.0 Å². The molecule has 2 aromatic carbocycles. The lowest BCUT2D eigenvalue weighted by Crippen LogP contribution is -2.30. The van der Waals surface area contributed by atoms with Gasteiger partial charge in [-0.15, -0.1) is 11.3 Å². The van der Waals surface area contributed by atoms with Crippen molar-refractivity contribution in [2.24, 2.45) is 5.92 Å². The highest BCUT2D eigenvalue weighted by atomic mass is 32.2. The number of methoxy groups -OCH3 is 2. The molecule has 4 rings (SSSR count). The van der Waals surface area contributed by atoms with Gasteiger partial charge >= 0.3 is 0 Å². The number of amides is 2. The average molecular weight is 498 g/mol. The molecule has 0 aliphatic carbocycles.